The molecule has 2 aromatic rings. The average molecular weight is 309 g/mol. The number of halogens is 4. The number of carboxylic acids is 1. The van der Waals surface area contributed by atoms with Gasteiger partial charge in [0.25, 0.3) is 0 Å². The monoisotopic (exact) mass is 307 g/mol. The number of carbonyl (C=O) groups is 1. The van der Waals surface area contributed by atoms with Gasteiger partial charge in [0.2, 0.25) is 0 Å². The maximum absolute atomic E-state index is 13.1. The smallest absolute Gasteiger partial charge is 0.352 e. The van der Waals surface area contributed by atoms with Gasteiger partial charge in [0.1, 0.15) is 11.5 Å². The summed E-state index contributed by atoms with van der Waals surface area (Å²) < 4.78 is 14.3. The number of rotatable bonds is 2. The van der Waals surface area contributed by atoms with Gasteiger partial charge in [-0.25, -0.2) is 9.18 Å². The van der Waals surface area contributed by atoms with E-state index in [-0.39, 0.29) is 26.4 Å². The number of aromatic nitrogens is 1. The van der Waals surface area contributed by atoms with E-state index in [0.717, 1.165) is 12.1 Å². The molecule has 1 aromatic heterocycles. The van der Waals surface area contributed by atoms with E-state index < -0.39 is 11.8 Å². The highest BCUT2D eigenvalue weighted by atomic mass is 35.5. The van der Waals surface area contributed by atoms with Crippen LogP contribution in [-0.4, -0.2) is 15.6 Å². The van der Waals surface area contributed by atoms with E-state index in [0.29, 0.717) is 0 Å². The Balaban J connectivity index is 2.73. The Kier molecular flexibility index (Phi) is 3.52. The van der Waals surface area contributed by atoms with Gasteiger partial charge in [0, 0.05) is 6.20 Å². The van der Waals surface area contributed by atoms with Crippen molar-refractivity contribution >= 4 is 40.8 Å². The fourth-order valence-electron chi connectivity index (χ4n) is 1.54. The van der Waals surface area contributed by atoms with Gasteiger partial charge in [-0.15, -0.1) is 0 Å². The van der Waals surface area contributed by atoms with E-state index in [4.69, 9.17) is 39.9 Å². The molecule has 0 saturated heterocycles. The maximum atomic E-state index is 13.1. The van der Waals surface area contributed by atoms with Crippen LogP contribution in [0.4, 0.5) is 4.39 Å². The van der Waals surface area contributed by atoms with Crippen molar-refractivity contribution in [3.63, 3.8) is 0 Å². The molecule has 7 heteroatoms. The molecule has 1 N–H and O–H groups in total. The average Bonchev–Trinajstić information content (AvgIpc) is 2.58. The first-order chi connectivity index (χ1) is 8.40. The van der Waals surface area contributed by atoms with Gasteiger partial charge in [0.15, 0.2) is 0 Å². The van der Waals surface area contributed by atoms with Crippen LogP contribution in [0.25, 0.3) is 5.69 Å². The Morgan fingerprint density at radius 2 is 1.72 bits per heavy atom. The van der Waals surface area contributed by atoms with Gasteiger partial charge in [-0.1, -0.05) is 34.8 Å². The van der Waals surface area contributed by atoms with Crippen molar-refractivity contribution in [1.82, 2.24) is 4.57 Å². The van der Waals surface area contributed by atoms with E-state index in [1.165, 1.54) is 16.8 Å². The summed E-state index contributed by atoms with van der Waals surface area (Å²) in [7, 11) is 0. The number of benzene rings is 1. The molecule has 3 nitrogen and oxygen atoms in total. The van der Waals surface area contributed by atoms with Crippen LogP contribution in [0.3, 0.4) is 0 Å². The fraction of sp³-hybridized carbons (Fsp3) is 0. The Hall–Kier alpha value is -1.23. The summed E-state index contributed by atoms with van der Waals surface area (Å²) in [6.07, 6.45) is 1.34. The van der Waals surface area contributed by atoms with Crippen LogP contribution < -0.4 is 0 Å². The van der Waals surface area contributed by atoms with Crippen LogP contribution in [0, 0.1) is 5.82 Å². The number of aromatic carboxylic acids is 1. The van der Waals surface area contributed by atoms with Crippen molar-refractivity contribution in [3.05, 3.63) is 51.0 Å². The van der Waals surface area contributed by atoms with Crippen LogP contribution in [0.5, 0.6) is 0 Å². The van der Waals surface area contributed by atoms with E-state index in [1.54, 1.807) is 0 Å². The lowest BCUT2D eigenvalue weighted by atomic mass is 10.3. The van der Waals surface area contributed by atoms with Gasteiger partial charge in [-0.05, 0) is 18.2 Å². The minimum Gasteiger partial charge on any atom is -0.477 e. The van der Waals surface area contributed by atoms with Crippen molar-refractivity contribution < 1.29 is 14.3 Å². The molecule has 0 bridgehead atoms. The summed E-state index contributed by atoms with van der Waals surface area (Å²) in [6, 6.07) is 3.34. The second kappa shape index (κ2) is 4.80. The molecule has 0 aliphatic carbocycles. The SMILES string of the molecule is O=C(O)c1cc(Cl)cn1-c1c(Cl)cc(F)cc1Cl. The molecule has 1 heterocycles. The molecule has 0 aliphatic heterocycles. The molecule has 0 spiro atoms. The summed E-state index contributed by atoms with van der Waals surface area (Å²) in [5.74, 6) is -1.80. The molecule has 0 aliphatic rings. The normalized spacial score (nSPS) is 10.7. The third-order valence-corrected chi connectivity index (χ3v) is 3.01. The minimum absolute atomic E-state index is 0.00485. The summed E-state index contributed by atoms with van der Waals surface area (Å²) in [6.45, 7) is 0. The first-order valence-electron chi connectivity index (χ1n) is 4.66. The molecule has 0 radical (unpaired) electrons. The zero-order chi connectivity index (χ0) is 13.4. The van der Waals surface area contributed by atoms with Gasteiger partial charge >= 0.3 is 5.97 Å². The summed E-state index contributed by atoms with van der Waals surface area (Å²) in [5.41, 5.74) is 0.0550. The summed E-state index contributed by atoms with van der Waals surface area (Å²) in [5, 5.41) is 9.24. The van der Waals surface area contributed by atoms with Crippen LogP contribution in [0.1, 0.15) is 10.5 Å². The Labute approximate surface area is 116 Å². The van der Waals surface area contributed by atoms with Gasteiger partial charge in [0.05, 0.1) is 20.8 Å². The van der Waals surface area contributed by atoms with Crippen molar-refractivity contribution in [2.45, 2.75) is 0 Å². The largest absolute Gasteiger partial charge is 0.477 e. The third-order valence-electron chi connectivity index (χ3n) is 2.23. The quantitative estimate of drug-likeness (QED) is 0.900. The summed E-state index contributed by atoms with van der Waals surface area (Å²) in [4.78, 5) is 11.1. The van der Waals surface area contributed by atoms with Crippen molar-refractivity contribution in [2.75, 3.05) is 0 Å². The minimum atomic E-state index is -1.20. The van der Waals surface area contributed by atoms with Gasteiger partial charge < -0.3 is 9.67 Å². The second-order valence-electron chi connectivity index (χ2n) is 3.44. The lowest BCUT2D eigenvalue weighted by Gasteiger charge is -2.10. The van der Waals surface area contributed by atoms with Crippen molar-refractivity contribution in [2.24, 2.45) is 0 Å². The highest BCUT2D eigenvalue weighted by Gasteiger charge is 2.18. The van der Waals surface area contributed by atoms with Crippen LogP contribution >= 0.6 is 34.8 Å². The van der Waals surface area contributed by atoms with E-state index >= 15 is 0 Å². The summed E-state index contributed by atoms with van der Waals surface area (Å²) >= 11 is 17.5. The van der Waals surface area contributed by atoms with Gasteiger partial charge in [-0.3, -0.25) is 0 Å². The highest BCUT2D eigenvalue weighted by Crippen LogP contribution is 2.32. The molecule has 18 heavy (non-hydrogen) atoms. The predicted octanol–water partition coefficient (Wildman–Crippen LogP) is 4.27. The number of hydrogen-bond donors (Lipinski definition) is 1. The van der Waals surface area contributed by atoms with Crippen molar-refractivity contribution in [1.29, 1.82) is 0 Å². The number of hydrogen-bond acceptors (Lipinski definition) is 1. The van der Waals surface area contributed by atoms with E-state index in [9.17, 15) is 9.18 Å². The van der Waals surface area contributed by atoms with Crippen molar-refractivity contribution in [3.8, 4) is 5.69 Å². The molecular weight excluding hydrogens is 303 g/mol. The molecule has 0 fully saturated rings. The number of carboxylic acid groups (broad SMARTS) is 1. The zero-order valence-electron chi connectivity index (χ0n) is 8.62. The standard InChI is InChI=1S/C11H5Cl3FNO2/c12-5-1-9(11(17)18)16(4-5)10-7(13)2-6(15)3-8(10)14/h1-4H,(H,17,18). The lowest BCUT2D eigenvalue weighted by Crippen LogP contribution is -2.06. The van der Waals surface area contributed by atoms with E-state index in [1.807, 2.05) is 0 Å². The topological polar surface area (TPSA) is 42.2 Å². The van der Waals surface area contributed by atoms with Crippen LogP contribution in [0.2, 0.25) is 15.1 Å². The lowest BCUT2D eigenvalue weighted by molar-refractivity contribution is 0.0688. The van der Waals surface area contributed by atoms with E-state index in [2.05, 4.69) is 0 Å². The molecular formula is C11H5Cl3FNO2. The number of nitrogens with zero attached hydrogens (tertiary/aromatic N) is 1. The van der Waals surface area contributed by atoms with Crippen LogP contribution in [0.15, 0.2) is 24.4 Å². The van der Waals surface area contributed by atoms with Gasteiger partial charge in [-0.2, -0.15) is 0 Å². The first kappa shape index (κ1) is 13.2. The predicted molar refractivity (Wildman–Crippen MR) is 67.7 cm³/mol. The Bertz CT molecular complexity index is 616. The van der Waals surface area contributed by atoms with Crippen LogP contribution in [-0.2, 0) is 0 Å². The highest BCUT2D eigenvalue weighted by molar-refractivity contribution is 6.38. The molecule has 2 rings (SSSR count). The maximum Gasteiger partial charge on any atom is 0.352 e. The zero-order valence-corrected chi connectivity index (χ0v) is 10.9. The second-order valence-corrected chi connectivity index (χ2v) is 4.69. The molecule has 0 atom stereocenters. The molecule has 0 amide bonds. The Morgan fingerprint density at radius 3 is 2.22 bits per heavy atom. The third kappa shape index (κ3) is 2.32. The molecule has 94 valence electrons. The fourth-order valence-corrected chi connectivity index (χ4v) is 2.39. The molecule has 0 unspecified atom stereocenters. The first-order valence-corrected chi connectivity index (χ1v) is 5.79. The Morgan fingerprint density at radius 1 is 1.17 bits per heavy atom. The molecule has 0 saturated carbocycles. The molecule has 1 aromatic carbocycles.